The van der Waals surface area contributed by atoms with Crippen LogP contribution >= 0.6 is 0 Å². The molecule has 0 amide bonds. The highest BCUT2D eigenvalue weighted by Crippen LogP contribution is 2.44. The second-order valence-electron chi connectivity index (χ2n) is 13.3. The molecular weight excluding hydrogens is 589 g/mol. The molecular formula is C49H40. The van der Waals surface area contributed by atoms with Gasteiger partial charge in [0.15, 0.2) is 0 Å². The van der Waals surface area contributed by atoms with Crippen LogP contribution in [0, 0.1) is 12.8 Å². The fourth-order valence-corrected chi connectivity index (χ4v) is 7.73. The van der Waals surface area contributed by atoms with Crippen LogP contribution in [0.3, 0.4) is 0 Å². The highest BCUT2D eigenvalue weighted by atomic mass is 14.2. The standard InChI is InChI=1S/C49H40/c1-33(34(2)36-18-6-4-7-19-36)17-16-28-42(37-20-8-5-9-21-37)39-29-30-41-35(3)40-23-12-15-27-46(40)49(47(41)32-39)48-31-38-22-10-11-24-43(38)44-25-13-14-26-45(44)48/h4-20,22-27,29-33H,2,21,28H2,1,3H3/b17-16-,42-37+. The largest absolute Gasteiger partial charge is 0.0946 e. The van der Waals surface area contributed by atoms with Gasteiger partial charge in [0, 0.05) is 0 Å². The van der Waals surface area contributed by atoms with E-state index in [1.807, 2.05) is 0 Å². The Morgan fingerprint density at radius 1 is 0.653 bits per heavy atom. The predicted molar refractivity (Wildman–Crippen MR) is 215 cm³/mol. The first-order valence-electron chi connectivity index (χ1n) is 17.4. The number of benzene rings is 7. The van der Waals surface area contributed by atoms with Crippen molar-refractivity contribution in [2.75, 3.05) is 0 Å². The third-order valence-corrected chi connectivity index (χ3v) is 10.4. The Bertz CT molecular complexity index is 2520. The third kappa shape index (κ3) is 5.64. The zero-order valence-electron chi connectivity index (χ0n) is 28.3. The van der Waals surface area contributed by atoms with Crippen molar-refractivity contribution in [1.29, 1.82) is 0 Å². The van der Waals surface area contributed by atoms with Crippen molar-refractivity contribution in [3.8, 4) is 11.1 Å². The molecule has 1 aliphatic rings. The first kappa shape index (κ1) is 30.6. The van der Waals surface area contributed by atoms with Crippen LogP contribution < -0.4 is 0 Å². The van der Waals surface area contributed by atoms with E-state index in [9.17, 15) is 0 Å². The molecule has 1 atom stereocenters. The van der Waals surface area contributed by atoms with Crippen molar-refractivity contribution in [2.24, 2.45) is 5.92 Å². The second-order valence-corrected chi connectivity index (χ2v) is 13.3. The number of hydrogen-bond donors (Lipinski definition) is 0. The van der Waals surface area contributed by atoms with Gasteiger partial charge in [-0.05, 0) is 125 Å². The Kier molecular flexibility index (Phi) is 8.16. The Labute approximate surface area is 289 Å². The summed E-state index contributed by atoms with van der Waals surface area (Å²) in [6.45, 7) is 8.96. The minimum atomic E-state index is 0.244. The molecule has 0 nitrogen and oxygen atoms in total. The molecule has 236 valence electrons. The lowest BCUT2D eigenvalue weighted by molar-refractivity contribution is 0.961. The van der Waals surface area contributed by atoms with Crippen molar-refractivity contribution in [3.05, 3.63) is 193 Å². The first-order chi connectivity index (χ1) is 24.1. The van der Waals surface area contributed by atoms with Gasteiger partial charge in [-0.15, -0.1) is 0 Å². The highest BCUT2D eigenvalue weighted by Gasteiger charge is 2.18. The summed E-state index contributed by atoms with van der Waals surface area (Å²) < 4.78 is 0. The van der Waals surface area contributed by atoms with Crippen molar-refractivity contribution < 1.29 is 0 Å². The zero-order valence-corrected chi connectivity index (χ0v) is 28.3. The van der Waals surface area contributed by atoms with Crippen molar-refractivity contribution in [2.45, 2.75) is 26.7 Å². The second kappa shape index (κ2) is 13.1. The van der Waals surface area contributed by atoms with Gasteiger partial charge in [0.1, 0.15) is 0 Å². The summed E-state index contributed by atoms with van der Waals surface area (Å²) in [5.41, 5.74) is 10.3. The fraction of sp³-hybridized carbons (Fsp3) is 0.102. The molecule has 0 saturated heterocycles. The summed E-state index contributed by atoms with van der Waals surface area (Å²) in [7, 11) is 0. The Morgan fingerprint density at radius 2 is 1.33 bits per heavy atom. The summed E-state index contributed by atoms with van der Waals surface area (Å²) >= 11 is 0. The van der Waals surface area contributed by atoms with E-state index in [-0.39, 0.29) is 5.92 Å². The van der Waals surface area contributed by atoms with E-state index < -0.39 is 0 Å². The van der Waals surface area contributed by atoms with Crippen LogP contribution in [0.25, 0.3) is 65.4 Å². The summed E-state index contributed by atoms with van der Waals surface area (Å²) in [6.07, 6.45) is 15.3. The molecule has 0 heteroatoms. The first-order valence-corrected chi connectivity index (χ1v) is 17.4. The minimum absolute atomic E-state index is 0.244. The van der Waals surface area contributed by atoms with Crippen LogP contribution in [-0.2, 0) is 0 Å². The Morgan fingerprint density at radius 3 is 2.10 bits per heavy atom. The maximum Gasteiger partial charge on any atom is -0.00103 e. The van der Waals surface area contributed by atoms with Crippen LogP contribution in [0.2, 0.25) is 0 Å². The van der Waals surface area contributed by atoms with E-state index in [4.69, 9.17) is 0 Å². The van der Waals surface area contributed by atoms with Gasteiger partial charge < -0.3 is 0 Å². The fourth-order valence-electron chi connectivity index (χ4n) is 7.73. The molecule has 0 saturated carbocycles. The average molecular weight is 629 g/mol. The molecule has 0 spiro atoms. The van der Waals surface area contributed by atoms with E-state index >= 15 is 0 Å². The van der Waals surface area contributed by atoms with Crippen LogP contribution in [0.4, 0.5) is 0 Å². The molecule has 1 unspecified atom stereocenters. The molecule has 0 N–H and O–H groups in total. The maximum absolute atomic E-state index is 4.43. The molecule has 0 radical (unpaired) electrons. The lowest BCUT2D eigenvalue weighted by atomic mass is 9.84. The number of allylic oxidation sites excluding steroid dienone is 9. The maximum atomic E-state index is 4.43. The van der Waals surface area contributed by atoms with E-state index in [0.717, 1.165) is 18.4 Å². The SMILES string of the molecule is C=C(c1ccccc1)C(C)/C=C\C/C(=C1/C=CC=CC1)c1ccc2c(C)c3ccccc3c(-c3cc4ccccc4c4ccccc34)c2c1. The topological polar surface area (TPSA) is 0 Å². The summed E-state index contributed by atoms with van der Waals surface area (Å²) in [5, 5.41) is 10.4. The highest BCUT2D eigenvalue weighted by molar-refractivity contribution is 6.22. The zero-order chi connectivity index (χ0) is 33.3. The molecule has 49 heavy (non-hydrogen) atoms. The van der Waals surface area contributed by atoms with Crippen molar-refractivity contribution >= 4 is 54.2 Å². The van der Waals surface area contributed by atoms with Gasteiger partial charge in [-0.1, -0.05) is 165 Å². The number of fused-ring (bicyclic) bond motifs is 5. The molecule has 0 fully saturated rings. The van der Waals surface area contributed by atoms with E-state index in [1.165, 1.54) is 82.1 Å². The lowest BCUT2D eigenvalue weighted by Crippen LogP contribution is -1.96. The summed E-state index contributed by atoms with van der Waals surface area (Å²) in [6, 6.07) is 46.8. The monoisotopic (exact) mass is 628 g/mol. The van der Waals surface area contributed by atoms with Crippen LogP contribution in [0.15, 0.2) is 176 Å². The Balaban J connectivity index is 1.32. The van der Waals surface area contributed by atoms with Crippen LogP contribution in [0.1, 0.15) is 36.5 Å². The molecule has 7 aromatic carbocycles. The van der Waals surface area contributed by atoms with Crippen molar-refractivity contribution in [1.82, 2.24) is 0 Å². The van der Waals surface area contributed by atoms with Gasteiger partial charge in [-0.3, -0.25) is 0 Å². The molecule has 1 aliphatic carbocycles. The van der Waals surface area contributed by atoms with Crippen LogP contribution in [-0.4, -0.2) is 0 Å². The van der Waals surface area contributed by atoms with E-state index in [1.54, 1.807) is 0 Å². The van der Waals surface area contributed by atoms with E-state index in [0.29, 0.717) is 0 Å². The molecule has 0 aromatic heterocycles. The predicted octanol–water partition coefficient (Wildman–Crippen LogP) is 13.8. The van der Waals surface area contributed by atoms with Gasteiger partial charge in [0.2, 0.25) is 0 Å². The van der Waals surface area contributed by atoms with Gasteiger partial charge in [0.05, 0.1) is 0 Å². The molecule has 0 bridgehead atoms. The number of rotatable bonds is 7. The van der Waals surface area contributed by atoms with Gasteiger partial charge in [-0.25, -0.2) is 0 Å². The van der Waals surface area contributed by atoms with E-state index in [2.05, 4.69) is 184 Å². The number of aryl methyl sites for hydroxylation is 1. The summed E-state index contributed by atoms with van der Waals surface area (Å²) in [4.78, 5) is 0. The van der Waals surface area contributed by atoms with Crippen LogP contribution in [0.5, 0.6) is 0 Å². The molecule has 7 aromatic rings. The Hall–Kier alpha value is -5.72. The normalized spacial score (nSPS) is 14.7. The number of hydrogen-bond acceptors (Lipinski definition) is 0. The third-order valence-electron chi connectivity index (χ3n) is 10.4. The minimum Gasteiger partial charge on any atom is -0.0946 e. The molecule has 8 rings (SSSR count). The molecule has 0 aliphatic heterocycles. The smallest absolute Gasteiger partial charge is 0.00103 e. The van der Waals surface area contributed by atoms with Gasteiger partial charge >= 0.3 is 0 Å². The van der Waals surface area contributed by atoms with Gasteiger partial charge in [0.25, 0.3) is 0 Å². The quantitative estimate of drug-likeness (QED) is 0.0936. The summed E-state index contributed by atoms with van der Waals surface area (Å²) in [5.74, 6) is 0.244. The van der Waals surface area contributed by atoms with Crippen molar-refractivity contribution in [3.63, 3.8) is 0 Å². The molecule has 0 heterocycles. The average Bonchev–Trinajstić information content (AvgIpc) is 3.17. The lowest BCUT2D eigenvalue weighted by Gasteiger charge is -2.20. The van der Waals surface area contributed by atoms with Gasteiger partial charge in [-0.2, -0.15) is 0 Å².